The van der Waals surface area contributed by atoms with Crippen molar-refractivity contribution in [2.24, 2.45) is 0 Å². The molecule has 3 heterocycles. The minimum Gasteiger partial charge on any atom is -0.444 e. The summed E-state index contributed by atoms with van der Waals surface area (Å²) < 4.78 is 7.17. The van der Waals surface area contributed by atoms with E-state index in [2.05, 4.69) is 10.1 Å². The summed E-state index contributed by atoms with van der Waals surface area (Å²) in [6, 6.07) is 8.25. The lowest BCUT2D eigenvalue weighted by Crippen LogP contribution is -2.49. The highest BCUT2D eigenvalue weighted by Crippen LogP contribution is 2.24. The average Bonchev–Trinajstić information content (AvgIpc) is 3.38. The molecule has 3 amide bonds. The zero-order chi connectivity index (χ0) is 22.0. The number of benzene rings is 1. The third kappa shape index (κ3) is 4.98. The number of urea groups is 1. The van der Waals surface area contributed by atoms with E-state index in [1.54, 1.807) is 15.9 Å². The number of likely N-dealkylation sites (tertiary alicyclic amines) is 1. The van der Waals surface area contributed by atoms with Crippen molar-refractivity contribution in [3.05, 3.63) is 42.5 Å². The number of hydrogen-bond acceptors (Lipinski definition) is 5. The molecule has 0 unspecified atom stereocenters. The van der Waals surface area contributed by atoms with E-state index in [1.807, 2.05) is 54.8 Å². The van der Waals surface area contributed by atoms with Crippen LogP contribution in [0.1, 0.15) is 39.2 Å². The van der Waals surface area contributed by atoms with Crippen LogP contribution in [-0.2, 0) is 11.3 Å². The fourth-order valence-corrected chi connectivity index (χ4v) is 4.09. The second-order valence-electron chi connectivity index (χ2n) is 9.10. The lowest BCUT2D eigenvalue weighted by atomic mass is 10.0. The molecule has 4 rings (SSSR count). The number of rotatable bonds is 4. The molecule has 2 aromatic rings. The molecule has 2 aliphatic rings. The summed E-state index contributed by atoms with van der Waals surface area (Å²) in [5.41, 5.74) is 1.53. The van der Waals surface area contributed by atoms with E-state index in [1.165, 1.54) is 6.33 Å². The highest BCUT2D eigenvalue weighted by molar-refractivity contribution is 5.77. The fraction of sp³-hybridized carbons (Fsp3) is 0.545. The Morgan fingerprint density at radius 1 is 1.10 bits per heavy atom. The van der Waals surface area contributed by atoms with Gasteiger partial charge in [0.05, 0.1) is 5.69 Å². The number of carbonyl (C=O) groups is 2. The first-order chi connectivity index (χ1) is 14.8. The fourth-order valence-electron chi connectivity index (χ4n) is 4.09. The maximum absolute atomic E-state index is 13.0. The minimum absolute atomic E-state index is 0.0797. The second kappa shape index (κ2) is 8.56. The number of piperidine rings is 1. The van der Waals surface area contributed by atoms with Gasteiger partial charge in [-0.05, 0) is 51.3 Å². The summed E-state index contributed by atoms with van der Waals surface area (Å²) in [6.45, 7) is 8.89. The molecule has 1 aromatic carbocycles. The Kier molecular flexibility index (Phi) is 5.84. The molecule has 0 aliphatic carbocycles. The molecule has 0 N–H and O–H groups in total. The van der Waals surface area contributed by atoms with E-state index in [4.69, 9.17) is 4.74 Å². The molecule has 2 fully saturated rings. The Hall–Kier alpha value is -3.10. The van der Waals surface area contributed by atoms with Gasteiger partial charge in [-0.15, -0.1) is 0 Å². The van der Waals surface area contributed by atoms with Gasteiger partial charge in [-0.2, -0.15) is 5.10 Å². The molecule has 0 spiro atoms. The van der Waals surface area contributed by atoms with Crippen molar-refractivity contribution in [1.82, 2.24) is 29.5 Å². The molecule has 31 heavy (non-hydrogen) atoms. The average molecular weight is 427 g/mol. The molecule has 0 saturated carbocycles. The third-order valence-electron chi connectivity index (χ3n) is 5.68. The van der Waals surface area contributed by atoms with Crippen molar-refractivity contribution in [2.45, 2.75) is 51.8 Å². The summed E-state index contributed by atoms with van der Waals surface area (Å²) >= 11 is 0. The highest BCUT2D eigenvalue weighted by atomic mass is 16.6. The van der Waals surface area contributed by atoms with E-state index in [0.717, 1.165) is 37.2 Å². The Morgan fingerprint density at radius 3 is 2.42 bits per heavy atom. The van der Waals surface area contributed by atoms with E-state index >= 15 is 0 Å². The molecule has 2 saturated heterocycles. The van der Waals surface area contributed by atoms with Crippen LogP contribution in [0.3, 0.4) is 0 Å². The van der Waals surface area contributed by atoms with Crippen molar-refractivity contribution in [1.29, 1.82) is 0 Å². The van der Waals surface area contributed by atoms with Gasteiger partial charge < -0.3 is 19.4 Å². The number of ether oxygens (including phenoxy) is 1. The van der Waals surface area contributed by atoms with Crippen LogP contribution in [0.25, 0.3) is 5.69 Å². The molecule has 0 bridgehead atoms. The Bertz CT molecular complexity index is 898. The predicted molar refractivity (Wildman–Crippen MR) is 115 cm³/mol. The van der Waals surface area contributed by atoms with Gasteiger partial charge in [0, 0.05) is 38.8 Å². The molecule has 0 atom stereocenters. The van der Waals surface area contributed by atoms with Crippen LogP contribution in [0.2, 0.25) is 0 Å². The Morgan fingerprint density at radius 2 is 1.81 bits per heavy atom. The van der Waals surface area contributed by atoms with E-state index < -0.39 is 5.60 Å². The van der Waals surface area contributed by atoms with Crippen molar-refractivity contribution >= 4 is 12.1 Å². The zero-order valence-electron chi connectivity index (χ0n) is 18.4. The van der Waals surface area contributed by atoms with Gasteiger partial charge in [-0.25, -0.2) is 19.3 Å². The van der Waals surface area contributed by atoms with E-state index in [9.17, 15) is 9.59 Å². The largest absolute Gasteiger partial charge is 0.444 e. The van der Waals surface area contributed by atoms with E-state index in [0.29, 0.717) is 19.6 Å². The van der Waals surface area contributed by atoms with Crippen LogP contribution in [0.4, 0.5) is 9.59 Å². The quantitative estimate of drug-likeness (QED) is 0.751. The molecule has 9 heteroatoms. The van der Waals surface area contributed by atoms with Gasteiger partial charge in [0.15, 0.2) is 0 Å². The monoisotopic (exact) mass is 426 g/mol. The number of hydrogen-bond donors (Lipinski definition) is 0. The van der Waals surface area contributed by atoms with Crippen LogP contribution in [0.5, 0.6) is 0 Å². The van der Waals surface area contributed by atoms with Crippen molar-refractivity contribution < 1.29 is 14.3 Å². The normalized spacial score (nSPS) is 18.0. The SMILES string of the molecule is CC(C)(C)OC(=O)N1CCC(N2CCN(Cc3ccc(-n4cncn4)cc3)C2=O)CC1. The minimum atomic E-state index is -0.493. The third-order valence-corrected chi connectivity index (χ3v) is 5.68. The van der Waals surface area contributed by atoms with Crippen molar-refractivity contribution in [3.63, 3.8) is 0 Å². The van der Waals surface area contributed by atoms with Gasteiger partial charge in [0.25, 0.3) is 0 Å². The number of amides is 3. The first kappa shape index (κ1) is 21.1. The summed E-state index contributed by atoms with van der Waals surface area (Å²) in [6.07, 6.45) is 4.46. The van der Waals surface area contributed by atoms with Crippen LogP contribution in [0, 0.1) is 0 Å². The number of carbonyl (C=O) groups excluding carboxylic acids is 2. The molecule has 0 radical (unpaired) electrons. The smallest absolute Gasteiger partial charge is 0.410 e. The van der Waals surface area contributed by atoms with Crippen LogP contribution in [-0.4, -0.2) is 79.4 Å². The molecular weight excluding hydrogens is 396 g/mol. The maximum Gasteiger partial charge on any atom is 0.410 e. The Labute approximate surface area is 182 Å². The summed E-state index contributed by atoms with van der Waals surface area (Å²) in [5.74, 6) is 0. The van der Waals surface area contributed by atoms with Gasteiger partial charge in [0.1, 0.15) is 18.3 Å². The van der Waals surface area contributed by atoms with Gasteiger partial charge in [-0.3, -0.25) is 0 Å². The standard InChI is InChI=1S/C22H30N6O3/c1-22(2,3)31-21(30)25-10-8-18(9-11-25)27-13-12-26(20(27)29)14-17-4-6-19(7-5-17)28-16-23-15-24-28/h4-7,15-16,18H,8-14H2,1-3H3. The first-order valence-corrected chi connectivity index (χ1v) is 10.8. The summed E-state index contributed by atoms with van der Waals surface area (Å²) in [7, 11) is 0. The van der Waals surface area contributed by atoms with Crippen LogP contribution in [0.15, 0.2) is 36.9 Å². The molecular formula is C22H30N6O3. The topological polar surface area (TPSA) is 83.8 Å². The van der Waals surface area contributed by atoms with Gasteiger partial charge in [-0.1, -0.05) is 12.1 Å². The van der Waals surface area contributed by atoms with E-state index in [-0.39, 0.29) is 18.2 Å². The van der Waals surface area contributed by atoms with Gasteiger partial charge in [0.2, 0.25) is 0 Å². The highest BCUT2D eigenvalue weighted by Gasteiger charge is 2.36. The summed E-state index contributed by atoms with van der Waals surface area (Å²) in [5, 5.41) is 4.13. The zero-order valence-corrected chi connectivity index (χ0v) is 18.4. The molecule has 1 aromatic heterocycles. The Balaban J connectivity index is 1.29. The molecule has 166 valence electrons. The van der Waals surface area contributed by atoms with Crippen LogP contribution < -0.4 is 0 Å². The predicted octanol–water partition coefficient (Wildman–Crippen LogP) is 2.90. The number of aromatic nitrogens is 3. The summed E-state index contributed by atoms with van der Waals surface area (Å²) in [4.78, 5) is 34.8. The lowest BCUT2D eigenvalue weighted by molar-refractivity contribution is 0.0170. The first-order valence-electron chi connectivity index (χ1n) is 10.8. The van der Waals surface area contributed by atoms with Crippen molar-refractivity contribution in [2.75, 3.05) is 26.2 Å². The lowest BCUT2D eigenvalue weighted by Gasteiger charge is -2.37. The van der Waals surface area contributed by atoms with Crippen molar-refractivity contribution in [3.8, 4) is 5.69 Å². The maximum atomic E-state index is 13.0. The van der Waals surface area contributed by atoms with Crippen LogP contribution >= 0.6 is 0 Å². The molecule has 9 nitrogen and oxygen atoms in total. The number of nitrogens with zero attached hydrogens (tertiary/aromatic N) is 6. The van der Waals surface area contributed by atoms with Gasteiger partial charge >= 0.3 is 12.1 Å². The second-order valence-corrected chi connectivity index (χ2v) is 9.10. The molecule has 2 aliphatic heterocycles.